The highest BCUT2D eigenvalue weighted by Gasteiger charge is 2.20. The van der Waals surface area contributed by atoms with Crippen LogP contribution < -0.4 is 11.1 Å². The third-order valence-electron chi connectivity index (χ3n) is 1.78. The molecule has 0 aliphatic heterocycles. The molecule has 1 amide bonds. The first-order valence-corrected chi connectivity index (χ1v) is 5.14. The number of nitrogens with two attached hydrogens (primary N) is 1. The second-order valence-corrected chi connectivity index (χ2v) is 4.17. The van der Waals surface area contributed by atoms with Crippen molar-refractivity contribution < 1.29 is 4.79 Å². The van der Waals surface area contributed by atoms with Gasteiger partial charge in [0.15, 0.2) is 0 Å². The molecule has 1 unspecified atom stereocenters. The Balaban J connectivity index is 2.69. The van der Waals surface area contributed by atoms with Gasteiger partial charge in [-0.05, 0) is 12.8 Å². The molecule has 3 N–H and O–H groups in total. The standard InChI is InChI=1S/C8H14N4OS/c1-4(2)6(7(9)13)11-8-10-5(3)12-14-8/h4,6H,1-3H3,(H2,9,13)(H,10,11,12). The molecule has 78 valence electrons. The maximum absolute atomic E-state index is 11.1. The molecule has 0 aromatic carbocycles. The van der Waals surface area contributed by atoms with Gasteiger partial charge in [-0.3, -0.25) is 4.79 Å². The molecule has 0 aliphatic carbocycles. The second kappa shape index (κ2) is 4.36. The van der Waals surface area contributed by atoms with Crippen molar-refractivity contribution in [1.29, 1.82) is 0 Å². The Bertz CT molecular complexity index is 323. The molecular formula is C8H14N4OS. The summed E-state index contributed by atoms with van der Waals surface area (Å²) in [6.07, 6.45) is 0. The zero-order chi connectivity index (χ0) is 10.7. The number of primary amides is 1. The fourth-order valence-electron chi connectivity index (χ4n) is 1.06. The van der Waals surface area contributed by atoms with Gasteiger partial charge >= 0.3 is 0 Å². The molecule has 0 radical (unpaired) electrons. The van der Waals surface area contributed by atoms with E-state index in [1.165, 1.54) is 11.5 Å². The van der Waals surface area contributed by atoms with Crippen LogP contribution in [0.4, 0.5) is 5.13 Å². The fraction of sp³-hybridized carbons (Fsp3) is 0.625. The van der Waals surface area contributed by atoms with Gasteiger partial charge in [0, 0.05) is 11.5 Å². The molecule has 0 saturated carbocycles. The number of carbonyl (C=O) groups is 1. The van der Waals surface area contributed by atoms with Crippen molar-refractivity contribution in [1.82, 2.24) is 9.36 Å². The zero-order valence-electron chi connectivity index (χ0n) is 8.44. The van der Waals surface area contributed by atoms with Crippen LogP contribution in [0.3, 0.4) is 0 Å². The molecule has 1 heterocycles. The van der Waals surface area contributed by atoms with Gasteiger partial charge in [-0.1, -0.05) is 13.8 Å². The Morgan fingerprint density at radius 2 is 2.21 bits per heavy atom. The predicted molar refractivity (Wildman–Crippen MR) is 56.1 cm³/mol. The van der Waals surface area contributed by atoms with Crippen LogP contribution in [0.2, 0.25) is 0 Å². The van der Waals surface area contributed by atoms with Gasteiger partial charge in [0.05, 0.1) is 0 Å². The molecule has 1 rings (SSSR count). The van der Waals surface area contributed by atoms with Crippen molar-refractivity contribution in [2.24, 2.45) is 11.7 Å². The summed E-state index contributed by atoms with van der Waals surface area (Å²) in [6.45, 7) is 5.66. The summed E-state index contributed by atoms with van der Waals surface area (Å²) < 4.78 is 4.00. The van der Waals surface area contributed by atoms with Gasteiger partial charge < -0.3 is 11.1 Å². The van der Waals surface area contributed by atoms with Crippen molar-refractivity contribution in [3.63, 3.8) is 0 Å². The highest BCUT2D eigenvalue weighted by atomic mass is 32.1. The predicted octanol–water partition coefficient (Wildman–Crippen LogP) is 0.768. The molecule has 0 saturated heterocycles. The van der Waals surface area contributed by atoms with E-state index in [4.69, 9.17) is 5.73 Å². The highest BCUT2D eigenvalue weighted by molar-refractivity contribution is 7.09. The summed E-state index contributed by atoms with van der Waals surface area (Å²) in [7, 11) is 0. The molecule has 0 fully saturated rings. The van der Waals surface area contributed by atoms with E-state index in [9.17, 15) is 4.79 Å². The number of amides is 1. The summed E-state index contributed by atoms with van der Waals surface area (Å²) in [4.78, 5) is 15.2. The van der Waals surface area contributed by atoms with Gasteiger partial charge in [0.25, 0.3) is 0 Å². The third kappa shape index (κ3) is 2.66. The lowest BCUT2D eigenvalue weighted by molar-refractivity contribution is -0.119. The van der Waals surface area contributed by atoms with E-state index in [1.807, 2.05) is 13.8 Å². The van der Waals surface area contributed by atoms with E-state index >= 15 is 0 Å². The summed E-state index contributed by atoms with van der Waals surface area (Å²) >= 11 is 1.23. The SMILES string of the molecule is Cc1nsc(NC(C(N)=O)C(C)C)n1. The number of hydrogen-bond donors (Lipinski definition) is 2. The number of nitrogens with one attached hydrogen (secondary N) is 1. The maximum atomic E-state index is 11.1. The third-order valence-corrected chi connectivity index (χ3v) is 2.52. The van der Waals surface area contributed by atoms with E-state index < -0.39 is 0 Å². The lowest BCUT2D eigenvalue weighted by Crippen LogP contribution is -2.39. The first-order chi connectivity index (χ1) is 6.50. The van der Waals surface area contributed by atoms with E-state index in [1.54, 1.807) is 6.92 Å². The maximum Gasteiger partial charge on any atom is 0.240 e. The summed E-state index contributed by atoms with van der Waals surface area (Å²) in [5.74, 6) is 0.467. The van der Waals surface area contributed by atoms with Crippen LogP contribution in [0.25, 0.3) is 0 Å². The summed E-state index contributed by atoms with van der Waals surface area (Å²) in [6, 6.07) is -0.387. The minimum atomic E-state index is -0.387. The Morgan fingerprint density at radius 3 is 2.57 bits per heavy atom. The molecule has 0 spiro atoms. The van der Waals surface area contributed by atoms with Crippen LogP contribution in [-0.2, 0) is 4.79 Å². The first-order valence-electron chi connectivity index (χ1n) is 4.37. The lowest BCUT2D eigenvalue weighted by atomic mass is 10.0. The molecule has 1 atom stereocenters. The molecule has 0 aliphatic rings. The minimum Gasteiger partial charge on any atom is -0.368 e. The van der Waals surface area contributed by atoms with E-state index in [2.05, 4.69) is 14.7 Å². The van der Waals surface area contributed by atoms with Crippen molar-refractivity contribution in [3.05, 3.63) is 5.82 Å². The van der Waals surface area contributed by atoms with E-state index in [-0.39, 0.29) is 17.9 Å². The first kappa shape index (κ1) is 10.9. The molecular weight excluding hydrogens is 200 g/mol. The van der Waals surface area contributed by atoms with Gasteiger partial charge in [-0.15, -0.1) is 0 Å². The normalized spacial score (nSPS) is 12.9. The van der Waals surface area contributed by atoms with Crippen LogP contribution in [0.5, 0.6) is 0 Å². The summed E-state index contributed by atoms with van der Waals surface area (Å²) in [5, 5.41) is 3.61. The second-order valence-electron chi connectivity index (χ2n) is 3.42. The average Bonchev–Trinajstić information content (AvgIpc) is 2.46. The molecule has 14 heavy (non-hydrogen) atoms. The van der Waals surface area contributed by atoms with Crippen LogP contribution in [0, 0.1) is 12.8 Å². The van der Waals surface area contributed by atoms with Crippen molar-refractivity contribution >= 4 is 22.6 Å². The molecule has 1 aromatic rings. The Kier molecular flexibility index (Phi) is 3.40. The molecule has 6 heteroatoms. The Hall–Kier alpha value is -1.17. The van der Waals surface area contributed by atoms with Crippen LogP contribution in [-0.4, -0.2) is 21.3 Å². The van der Waals surface area contributed by atoms with E-state index in [0.29, 0.717) is 11.0 Å². The number of aryl methyl sites for hydroxylation is 1. The number of carbonyl (C=O) groups excluding carboxylic acids is 1. The average molecular weight is 214 g/mol. The quantitative estimate of drug-likeness (QED) is 0.775. The number of nitrogens with zero attached hydrogens (tertiary/aromatic N) is 2. The number of anilines is 1. The number of aromatic nitrogens is 2. The number of hydrogen-bond acceptors (Lipinski definition) is 5. The largest absolute Gasteiger partial charge is 0.368 e. The van der Waals surface area contributed by atoms with Gasteiger partial charge in [-0.25, -0.2) is 4.98 Å². The minimum absolute atomic E-state index is 0.136. The van der Waals surface area contributed by atoms with Crippen LogP contribution >= 0.6 is 11.5 Å². The topological polar surface area (TPSA) is 80.9 Å². The van der Waals surface area contributed by atoms with Crippen LogP contribution in [0.1, 0.15) is 19.7 Å². The Morgan fingerprint density at radius 1 is 1.57 bits per heavy atom. The molecule has 0 bridgehead atoms. The van der Waals surface area contributed by atoms with E-state index in [0.717, 1.165) is 0 Å². The van der Waals surface area contributed by atoms with Gasteiger partial charge in [-0.2, -0.15) is 4.37 Å². The van der Waals surface area contributed by atoms with Crippen molar-refractivity contribution in [3.8, 4) is 0 Å². The van der Waals surface area contributed by atoms with Gasteiger partial charge in [0.2, 0.25) is 11.0 Å². The molecule has 1 aromatic heterocycles. The van der Waals surface area contributed by atoms with Crippen molar-refractivity contribution in [2.75, 3.05) is 5.32 Å². The molecule has 5 nitrogen and oxygen atoms in total. The summed E-state index contributed by atoms with van der Waals surface area (Å²) in [5.41, 5.74) is 5.25. The van der Waals surface area contributed by atoms with Gasteiger partial charge in [0.1, 0.15) is 11.9 Å². The smallest absolute Gasteiger partial charge is 0.240 e. The lowest BCUT2D eigenvalue weighted by Gasteiger charge is -2.17. The van der Waals surface area contributed by atoms with Crippen LogP contribution in [0.15, 0.2) is 0 Å². The Labute approximate surface area is 86.9 Å². The fourth-order valence-corrected chi connectivity index (χ4v) is 1.67. The zero-order valence-corrected chi connectivity index (χ0v) is 9.26. The van der Waals surface area contributed by atoms with Crippen molar-refractivity contribution in [2.45, 2.75) is 26.8 Å². The monoisotopic (exact) mass is 214 g/mol. The number of rotatable bonds is 4. The highest BCUT2D eigenvalue weighted by Crippen LogP contribution is 2.14.